The summed E-state index contributed by atoms with van der Waals surface area (Å²) < 4.78 is 0. The first kappa shape index (κ1) is 9.22. The molecule has 1 aromatic rings. The molecule has 0 saturated carbocycles. The summed E-state index contributed by atoms with van der Waals surface area (Å²) in [6, 6.07) is 0. The van der Waals surface area contributed by atoms with Gasteiger partial charge in [-0.3, -0.25) is 0 Å². The molecule has 1 rings (SSSR count). The molecule has 0 fully saturated rings. The normalized spacial score (nSPS) is 7.64. The second-order valence-electron chi connectivity index (χ2n) is 1.43. The second kappa shape index (κ2) is 5.04. The van der Waals surface area contributed by atoms with E-state index in [4.69, 9.17) is 9.90 Å². The van der Waals surface area contributed by atoms with Gasteiger partial charge in [0.05, 0.1) is 5.56 Å². The van der Waals surface area contributed by atoms with Crippen LogP contribution in [0, 0.1) is 0 Å². The number of hydrogen-bond donors (Lipinski definition) is 1. The minimum absolute atomic E-state index is 0.109. The zero-order valence-electron chi connectivity index (χ0n) is 5.60. The van der Waals surface area contributed by atoms with Crippen molar-refractivity contribution in [2.24, 2.45) is 0 Å². The summed E-state index contributed by atoms with van der Waals surface area (Å²) in [5, 5.41) is 8.30. The Balaban J connectivity index is 0.000000461. The molecule has 0 spiro atoms. The number of carbonyl (C=O) groups is 2. The van der Waals surface area contributed by atoms with E-state index in [-0.39, 0.29) is 5.56 Å². The third kappa shape index (κ3) is 3.04. The van der Waals surface area contributed by atoms with Gasteiger partial charge in [0.15, 0.2) is 0 Å². The van der Waals surface area contributed by atoms with Crippen LogP contribution in [0.25, 0.3) is 0 Å². The summed E-state index contributed by atoms with van der Waals surface area (Å²) in [7, 11) is 0. The number of hydrogen-bond acceptors (Lipinski definition) is 4. The van der Waals surface area contributed by atoms with E-state index in [1.807, 2.05) is 6.79 Å². The molecule has 0 aliphatic heterocycles. The number of carboxylic acid groups (broad SMARTS) is 1. The van der Waals surface area contributed by atoms with Crippen LogP contribution >= 0.6 is 0 Å². The largest absolute Gasteiger partial charge is 0.478 e. The number of carboxylic acids is 1. The minimum atomic E-state index is -1.00. The fraction of sp³-hybridized carbons (Fsp3) is 0. The van der Waals surface area contributed by atoms with Crippen molar-refractivity contribution in [2.45, 2.75) is 0 Å². The molecular weight excluding hydrogens is 148 g/mol. The van der Waals surface area contributed by atoms with Gasteiger partial charge >= 0.3 is 5.97 Å². The van der Waals surface area contributed by atoms with Crippen molar-refractivity contribution in [3.63, 3.8) is 0 Å². The Labute approximate surface area is 62.7 Å². The monoisotopic (exact) mass is 154 g/mol. The van der Waals surface area contributed by atoms with Crippen molar-refractivity contribution in [3.8, 4) is 0 Å². The van der Waals surface area contributed by atoms with E-state index in [0.717, 1.165) is 0 Å². The number of carbonyl (C=O) groups excluding carboxylic acids is 1. The Hall–Kier alpha value is -1.78. The second-order valence-corrected chi connectivity index (χ2v) is 1.43. The number of aromatic carboxylic acids is 1. The summed E-state index contributed by atoms with van der Waals surface area (Å²) in [6.07, 6.45) is 3.77. The van der Waals surface area contributed by atoms with E-state index < -0.39 is 5.97 Å². The van der Waals surface area contributed by atoms with E-state index in [2.05, 4.69) is 9.97 Å². The molecule has 1 N–H and O–H groups in total. The number of rotatable bonds is 1. The van der Waals surface area contributed by atoms with Crippen molar-refractivity contribution in [1.29, 1.82) is 0 Å². The minimum Gasteiger partial charge on any atom is -0.478 e. The summed E-state index contributed by atoms with van der Waals surface area (Å²) >= 11 is 0. The molecule has 0 radical (unpaired) electrons. The lowest BCUT2D eigenvalue weighted by Gasteiger charge is -1.86. The first-order chi connectivity index (χ1) is 5.30. The van der Waals surface area contributed by atoms with E-state index >= 15 is 0 Å². The van der Waals surface area contributed by atoms with Crippen LogP contribution in [0.3, 0.4) is 0 Å². The Bertz CT molecular complexity index is 225. The van der Waals surface area contributed by atoms with E-state index in [0.29, 0.717) is 0 Å². The Morgan fingerprint density at radius 2 is 1.82 bits per heavy atom. The number of aromatic nitrogens is 2. The van der Waals surface area contributed by atoms with Gasteiger partial charge in [-0.2, -0.15) is 0 Å². The highest BCUT2D eigenvalue weighted by molar-refractivity contribution is 5.86. The van der Waals surface area contributed by atoms with Crippen LogP contribution in [0.2, 0.25) is 0 Å². The SMILES string of the molecule is C=O.O=C(O)c1cncnc1. The Morgan fingerprint density at radius 3 is 2.09 bits per heavy atom. The first-order valence-corrected chi connectivity index (χ1v) is 2.58. The van der Waals surface area contributed by atoms with Gasteiger partial charge in [0.2, 0.25) is 0 Å². The van der Waals surface area contributed by atoms with Gasteiger partial charge in [0.25, 0.3) is 0 Å². The standard InChI is InChI=1S/C5H4N2O2.CH2O/c8-5(9)4-1-6-3-7-2-4;1-2/h1-3H,(H,8,9);1H2. The van der Waals surface area contributed by atoms with Crippen LogP contribution in [0.1, 0.15) is 10.4 Å². The molecule has 11 heavy (non-hydrogen) atoms. The maximum atomic E-state index is 10.1. The highest BCUT2D eigenvalue weighted by Crippen LogP contribution is 1.89. The summed E-state index contributed by atoms with van der Waals surface area (Å²) in [4.78, 5) is 25.1. The average Bonchev–Trinajstić information content (AvgIpc) is 2.10. The van der Waals surface area contributed by atoms with Crippen LogP contribution in [0.15, 0.2) is 18.7 Å². The molecule has 1 heterocycles. The molecule has 0 unspecified atom stereocenters. The zero-order valence-corrected chi connectivity index (χ0v) is 5.60. The van der Waals surface area contributed by atoms with Crippen LogP contribution < -0.4 is 0 Å². The maximum absolute atomic E-state index is 10.1. The maximum Gasteiger partial charge on any atom is 0.338 e. The lowest BCUT2D eigenvalue weighted by molar-refractivity contribution is -0.0980. The fourth-order valence-corrected chi connectivity index (χ4v) is 0.410. The Morgan fingerprint density at radius 1 is 1.36 bits per heavy atom. The topological polar surface area (TPSA) is 80.2 Å². The van der Waals surface area contributed by atoms with Gasteiger partial charge in [-0.15, -0.1) is 0 Å². The van der Waals surface area contributed by atoms with Crippen LogP contribution in [0.4, 0.5) is 0 Å². The van der Waals surface area contributed by atoms with Gasteiger partial charge in [-0.25, -0.2) is 14.8 Å². The number of nitrogens with zero attached hydrogens (tertiary/aromatic N) is 2. The summed E-state index contributed by atoms with van der Waals surface area (Å²) in [5.41, 5.74) is 0.109. The van der Waals surface area contributed by atoms with Crippen molar-refractivity contribution in [2.75, 3.05) is 0 Å². The fourth-order valence-electron chi connectivity index (χ4n) is 0.410. The molecule has 0 atom stereocenters. The average molecular weight is 154 g/mol. The van der Waals surface area contributed by atoms with Gasteiger partial charge in [-0.05, 0) is 0 Å². The highest BCUT2D eigenvalue weighted by Gasteiger charge is 1.98. The molecule has 5 nitrogen and oxygen atoms in total. The summed E-state index contributed by atoms with van der Waals surface area (Å²) in [5.74, 6) is -1.00. The Kier molecular flexibility index (Phi) is 4.22. The quantitative estimate of drug-likeness (QED) is 0.615. The molecule has 1 aromatic heterocycles. The molecule has 0 bridgehead atoms. The van der Waals surface area contributed by atoms with E-state index in [9.17, 15) is 4.79 Å². The van der Waals surface area contributed by atoms with Gasteiger partial charge in [0, 0.05) is 12.4 Å². The molecular formula is C6H6N2O3. The van der Waals surface area contributed by atoms with E-state index in [1.165, 1.54) is 18.7 Å². The predicted molar refractivity (Wildman–Crippen MR) is 36.1 cm³/mol. The molecule has 0 aromatic carbocycles. The summed E-state index contributed by atoms with van der Waals surface area (Å²) in [6.45, 7) is 2.00. The van der Waals surface area contributed by atoms with Crippen molar-refractivity contribution >= 4 is 12.8 Å². The lowest BCUT2D eigenvalue weighted by Crippen LogP contribution is -1.96. The molecule has 58 valence electrons. The zero-order chi connectivity index (χ0) is 8.69. The molecule has 0 amide bonds. The first-order valence-electron chi connectivity index (χ1n) is 2.58. The van der Waals surface area contributed by atoms with E-state index in [1.54, 1.807) is 0 Å². The lowest BCUT2D eigenvalue weighted by atomic mass is 10.4. The smallest absolute Gasteiger partial charge is 0.338 e. The molecule has 0 aliphatic carbocycles. The molecule has 0 aliphatic rings. The van der Waals surface area contributed by atoms with Gasteiger partial charge in [-0.1, -0.05) is 0 Å². The van der Waals surface area contributed by atoms with Crippen molar-refractivity contribution in [3.05, 3.63) is 24.3 Å². The van der Waals surface area contributed by atoms with Crippen LogP contribution in [-0.2, 0) is 4.79 Å². The van der Waals surface area contributed by atoms with Gasteiger partial charge in [0.1, 0.15) is 13.1 Å². The van der Waals surface area contributed by atoms with Crippen LogP contribution in [0.5, 0.6) is 0 Å². The molecule has 0 saturated heterocycles. The third-order valence-electron chi connectivity index (χ3n) is 0.808. The highest BCUT2D eigenvalue weighted by atomic mass is 16.4. The third-order valence-corrected chi connectivity index (χ3v) is 0.808. The molecule has 5 heteroatoms. The van der Waals surface area contributed by atoms with Crippen molar-refractivity contribution in [1.82, 2.24) is 9.97 Å². The predicted octanol–water partition coefficient (Wildman–Crippen LogP) is -0.0101. The van der Waals surface area contributed by atoms with Crippen LogP contribution in [-0.4, -0.2) is 27.8 Å². The van der Waals surface area contributed by atoms with Gasteiger partial charge < -0.3 is 9.90 Å². The van der Waals surface area contributed by atoms with Crippen molar-refractivity contribution < 1.29 is 14.7 Å².